The maximum Gasteiger partial charge on any atom is 0.229 e. The van der Waals surface area contributed by atoms with E-state index in [1.165, 1.54) is 11.3 Å². The van der Waals surface area contributed by atoms with Gasteiger partial charge in [0.2, 0.25) is 11.0 Å². The van der Waals surface area contributed by atoms with Crippen molar-refractivity contribution < 1.29 is 4.79 Å². The van der Waals surface area contributed by atoms with Crippen LogP contribution in [0.4, 0.5) is 5.13 Å². The highest BCUT2D eigenvalue weighted by Gasteiger charge is 2.16. The Hall–Kier alpha value is -2.34. The molecule has 1 amide bonds. The molecule has 0 radical (unpaired) electrons. The minimum absolute atomic E-state index is 0.0526. The zero-order chi connectivity index (χ0) is 19.8. The van der Waals surface area contributed by atoms with Crippen LogP contribution in [0.25, 0.3) is 0 Å². The van der Waals surface area contributed by atoms with Crippen molar-refractivity contribution in [1.29, 1.82) is 5.26 Å². The normalized spacial score (nSPS) is 11.6. The van der Waals surface area contributed by atoms with Crippen molar-refractivity contribution in [3.05, 3.63) is 65.7 Å². The average molecular weight is 427 g/mol. The van der Waals surface area contributed by atoms with Crippen LogP contribution in [0.1, 0.15) is 18.1 Å². The highest BCUT2D eigenvalue weighted by molar-refractivity contribution is 8.00. The number of rotatable bonds is 8. The molecule has 0 bridgehead atoms. The molecular formula is C20H18N4OS3. The highest BCUT2D eigenvalue weighted by atomic mass is 32.2. The average Bonchev–Trinajstić information content (AvgIpc) is 3.18. The molecule has 0 aliphatic heterocycles. The summed E-state index contributed by atoms with van der Waals surface area (Å²) in [6.45, 7) is 1.91. The van der Waals surface area contributed by atoms with Gasteiger partial charge in [-0.05, 0) is 29.8 Å². The summed E-state index contributed by atoms with van der Waals surface area (Å²) < 4.78 is 0.797. The summed E-state index contributed by atoms with van der Waals surface area (Å²) in [7, 11) is 0. The Morgan fingerprint density at radius 1 is 1.14 bits per heavy atom. The number of hydrogen-bond acceptors (Lipinski definition) is 7. The minimum atomic E-state index is -0.135. The Morgan fingerprint density at radius 3 is 2.61 bits per heavy atom. The van der Waals surface area contributed by atoms with Gasteiger partial charge in [0.05, 0.1) is 11.6 Å². The summed E-state index contributed by atoms with van der Waals surface area (Å²) in [5.41, 5.74) is 1.76. The number of nitrogens with zero attached hydrogens (tertiary/aromatic N) is 3. The number of thioether (sulfide) groups is 2. The van der Waals surface area contributed by atoms with Gasteiger partial charge in [-0.2, -0.15) is 5.26 Å². The molecule has 1 unspecified atom stereocenters. The minimum Gasteiger partial charge on any atom is -0.300 e. The molecule has 28 heavy (non-hydrogen) atoms. The molecule has 8 heteroatoms. The van der Waals surface area contributed by atoms with Gasteiger partial charge in [0.25, 0.3) is 0 Å². The van der Waals surface area contributed by atoms with Crippen LogP contribution in [-0.4, -0.2) is 21.9 Å². The second kappa shape index (κ2) is 10.3. The van der Waals surface area contributed by atoms with E-state index in [2.05, 4.69) is 21.6 Å². The monoisotopic (exact) mass is 426 g/mol. The second-order valence-electron chi connectivity index (χ2n) is 5.98. The summed E-state index contributed by atoms with van der Waals surface area (Å²) in [5, 5.41) is 20.4. The fourth-order valence-corrected chi connectivity index (χ4v) is 4.84. The molecule has 0 spiro atoms. The third kappa shape index (κ3) is 6.09. The maximum atomic E-state index is 12.4. The van der Waals surface area contributed by atoms with E-state index in [9.17, 15) is 4.79 Å². The number of carbonyl (C=O) groups is 1. The number of nitriles is 1. The Morgan fingerprint density at radius 2 is 1.89 bits per heavy atom. The first kappa shape index (κ1) is 20.4. The lowest BCUT2D eigenvalue weighted by Crippen LogP contribution is -2.22. The summed E-state index contributed by atoms with van der Waals surface area (Å²) >= 11 is 4.59. The molecule has 142 valence electrons. The molecule has 1 N–H and O–H groups in total. The fraction of sp³-hybridized carbons (Fsp3) is 0.200. The maximum absolute atomic E-state index is 12.4. The van der Waals surface area contributed by atoms with E-state index in [0.717, 1.165) is 20.6 Å². The lowest BCUT2D eigenvalue weighted by Gasteiger charge is -2.09. The number of benzene rings is 2. The number of aromatic nitrogens is 2. The van der Waals surface area contributed by atoms with Gasteiger partial charge in [0.15, 0.2) is 4.34 Å². The van der Waals surface area contributed by atoms with E-state index < -0.39 is 0 Å². The van der Waals surface area contributed by atoms with E-state index in [4.69, 9.17) is 5.26 Å². The predicted octanol–water partition coefficient (Wildman–Crippen LogP) is 5.07. The predicted molar refractivity (Wildman–Crippen MR) is 116 cm³/mol. The van der Waals surface area contributed by atoms with Crippen LogP contribution in [0.3, 0.4) is 0 Å². The Balaban J connectivity index is 1.46. The zero-order valence-electron chi connectivity index (χ0n) is 15.2. The molecule has 0 aliphatic carbocycles. The molecule has 3 aromatic rings. The summed E-state index contributed by atoms with van der Waals surface area (Å²) in [6.07, 6.45) is 0. The van der Waals surface area contributed by atoms with E-state index >= 15 is 0 Å². The lowest BCUT2D eigenvalue weighted by molar-refractivity contribution is -0.118. The summed E-state index contributed by atoms with van der Waals surface area (Å²) in [4.78, 5) is 13.5. The number of anilines is 1. The fourth-order valence-electron chi connectivity index (χ4n) is 2.18. The Labute approximate surface area is 176 Å². The van der Waals surface area contributed by atoms with Gasteiger partial charge in [-0.15, -0.1) is 22.0 Å². The summed E-state index contributed by atoms with van der Waals surface area (Å²) in [6, 6.07) is 19.6. The van der Waals surface area contributed by atoms with Gasteiger partial charge in [0.1, 0.15) is 0 Å². The molecular weight excluding hydrogens is 408 g/mol. The van der Waals surface area contributed by atoms with Gasteiger partial charge < -0.3 is 5.32 Å². The smallest absolute Gasteiger partial charge is 0.229 e. The molecule has 1 aromatic heterocycles. The van der Waals surface area contributed by atoms with Crippen LogP contribution < -0.4 is 5.32 Å². The van der Waals surface area contributed by atoms with Crippen molar-refractivity contribution >= 4 is 45.9 Å². The molecule has 1 atom stereocenters. The van der Waals surface area contributed by atoms with Crippen molar-refractivity contribution in [2.24, 2.45) is 5.92 Å². The van der Waals surface area contributed by atoms with Crippen molar-refractivity contribution in [3.63, 3.8) is 0 Å². The Kier molecular flexibility index (Phi) is 7.48. The van der Waals surface area contributed by atoms with Gasteiger partial charge >= 0.3 is 0 Å². The SMILES string of the molecule is CC(CSc1ccccc1)C(=O)Nc1nnc(SCc2ccc(C#N)cc2)s1. The van der Waals surface area contributed by atoms with Crippen LogP contribution in [-0.2, 0) is 10.5 Å². The number of carbonyl (C=O) groups excluding carboxylic acids is 1. The van der Waals surface area contributed by atoms with Crippen molar-refractivity contribution in [2.45, 2.75) is 21.9 Å². The van der Waals surface area contributed by atoms with Gasteiger partial charge in [-0.3, -0.25) is 4.79 Å². The molecule has 0 fully saturated rings. The van der Waals surface area contributed by atoms with Crippen LogP contribution in [0, 0.1) is 17.2 Å². The van der Waals surface area contributed by atoms with Crippen LogP contribution in [0.5, 0.6) is 0 Å². The Bertz CT molecular complexity index is 952. The largest absolute Gasteiger partial charge is 0.300 e. The number of nitrogens with one attached hydrogen (secondary N) is 1. The van der Waals surface area contributed by atoms with Gasteiger partial charge in [-0.25, -0.2) is 0 Å². The van der Waals surface area contributed by atoms with Gasteiger partial charge in [-0.1, -0.05) is 60.4 Å². The van der Waals surface area contributed by atoms with Crippen molar-refractivity contribution in [3.8, 4) is 6.07 Å². The molecule has 1 heterocycles. The van der Waals surface area contributed by atoms with E-state index in [0.29, 0.717) is 16.4 Å². The van der Waals surface area contributed by atoms with Crippen molar-refractivity contribution in [1.82, 2.24) is 10.2 Å². The highest BCUT2D eigenvalue weighted by Crippen LogP contribution is 2.29. The van der Waals surface area contributed by atoms with Crippen LogP contribution in [0.2, 0.25) is 0 Å². The second-order valence-corrected chi connectivity index (χ2v) is 9.28. The molecule has 2 aromatic carbocycles. The van der Waals surface area contributed by atoms with Gasteiger partial charge in [0, 0.05) is 22.3 Å². The quantitative estimate of drug-likeness (QED) is 0.400. The first-order valence-electron chi connectivity index (χ1n) is 8.58. The van der Waals surface area contributed by atoms with Crippen LogP contribution >= 0.6 is 34.9 Å². The third-order valence-corrected chi connectivity index (χ3v) is 7.09. The molecule has 0 saturated heterocycles. The van der Waals surface area contributed by atoms with E-state index in [1.807, 2.05) is 49.4 Å². The molecule has 0 saturated carbocycles. The third-order valence-electron chi connectivity index (χ3n) is 3.77. The molecule has 3 rings (SSSR count). The number of amides is 1. The standard InChI is InChI=1S/C20H18N4OS3/c1-14(12-26-17-5-3-2-4-6-17)18(25)22-19-23-24-20(28-19)27-13-16-9-7-15(11-21)8-10-16/h2-10,14H,12-13H2,1H3,(H,22,23,25). The molecule has 5 nitrogen and oxygen atoms in total. The van der Waals surface area contributed by atoms with E-state index in [-0.39, 0.29) is 11.8 Å². The first-order chi connectivity index (χ1) is 13.6. The van der Waals surface area contributed by atoms with E-state index in [1.54, 1.807) is 35.7 Å². The van der Waals surface area contributed by atoms with Crippen molar-refractivity contribution in [2.75, 3.05) is 11.1 Å². The first-order valence-corrected chi connectivity index (χ1v) is 11.4. The summed E-state index contributed by atoms with van der Waals surface area (Å²) in [5.74, 6) is 1.25. The zero-order valence-corrected chi connectivity index (χ0v) is 17.6. The number of hydrogen-bond donors (Lipinski definition) is 1. The van der Waals surface area contributed by atoms with Crippen LogP contribution in [0.15, 0.2) is 63.8 Å². The lowest BCUT2D eigenvalue weighted by atomic mass is 10.2. The molecule has 0 aliphatic rings. The topological polar surface area (TPSA) is 78.7 Å².